The molecule has 4 heterocycles. The molecule has 0 unspecified atom stereocenters. The van der Waals surface area contributed by atoms with E-state index in [1.807, 2.05) is 15.9 Å². The molecule has 4 N–H and O–H groups in total. The molecule has 2 aromatic rings. The van der Waals surface area contributed by atoms with Gasteiger partial charge in [0.15, 0.2) is 5.82 Å². The summed E-state index contributed by atoms with van der Waals surface area (Å²) in [6, 6.07) is 1.99. The number of hydrogen-bond donors (Lipinski definition) is 4. The van der Waals surface area contributed by atoms with Crippen LogP contribution in [0.25, 0.3) is 10.9 Å². The lowest BCUT2D eigenvalue weighted by Crippen LogP contribution is -2.35. The average molecular weight is 504 g/mol. The van der Waals surface area contributed by atoms with Gasteiger partial charge < -0.3 is 40.0 Å². The van der Waals surface area contributed by atoms with E-state index in [0.29, 0.717) is 37.9 Å². The highest BCUT2D eigenvalue weighted by Gasteiger charge is 2.26. The van der Waals surface area contributed by atoms with E-state index in [0.717, 1.165) is 74.4 Å². The fourth-order valence-electron chi connectivity index (χ4n) is 5.18. The van der Waals surface area contributed by atoms with Crippen LogP contribution in [0.1, 0.15) is 38.5 Å². The quantitative estimate of drug-likeness (QED) is 0.324. The molecule has 2 aromatic heterocycles. The van der Waals surface area contributed by atoms with Crippen molar-refractivity contribution in [3.63, 3.8) is 0 Å². The fraction of sp³-hybridized carbons (Fsp3) is 0.720. The van der Waals surface area contributed by atoms with Crippen LogP contribution < -0.4 is 19.6 Å². The molecule has 11 heteroatoms. The third-order valence-corrected chi connectivity index (χ3v) is 7.02. The molecule has 0 aliphatic carbocycles. The van der Waals surface area contributed by atoms with Gasteiger partial charge in [-0.25, -0.2) is 9.97 Å². The Kier molecular flexibility index (Phi) is 9.74. The molecule has 36 heavy (non-hydrogen) atoms. The van der Waals surface area contributed by atoms with Crippen molar-refractivity contribution in [2.24, 2.45) is 0 Å². The van der Waals surface area contributed by atoms with Crippen molar-refractivity contribution in [3.8, 4) is 0 Å². The second-order valence-electron chi connectivity index (χ2n) is 9.51. The lowest BCUT2D eigenvalue weighted by atomic mass is 10.1. The van der Waals surface area contributed by atoms with Crippen LogP contribution in [-0.2, 0) is 0 Å². The van der Waals surface area contributed by atoms with Crippen LogP contribution in [0.15, 0.2) is 6.07 Å². The van der Waals surface area contributed by atoms with Gasteiger partial charge in [-0.1, -0.05) is 0 Å². The van der Waals surface area contributed by atoms with Gasteiger partial charge in [0.1, 0.15) is 17.2 Å². The lowest BCUT2D eigenvalue weighted by molar-refractivity contribution is 0.279. The zero-order valence-corrected chi connectivity index (χ0v) is 21.2. The predicted molar refractivity (Wildman–Crippen MR) is 142 cm³/mol. The molecule has 2 aliphatic rings. The van der Waals surface area contributed by atoms with Gasteiger partial charge in [-0.15, -0.1) is 0 Å². The monoisotopic (exact) mass is 503 g/mol. The Hall–Kier alpha value is -2.47. The van der Waals surface area contributed by atoms with Gasteiger partial charge in [-0.3, -0.25) is 0 Å². The second-order valence-corrected chi connectivity index (χ2v) is 9.51. The van der Waals surface area contributed by atoms with Gasteiger partial charge in [0.2, 0.25) is 5.95 Å². The summed E-state index contributed by atoms with van der Waals surface area (Å²) in [5.41, 5.74) is 0.764. The number of hydrogen-bond acceptors (Lipinski definition) is 11. The Morgan fingerprint density at radius 1 is 0.611 bits per heavy atom. The molecule has 4 rings (SSSR count). The summed E-state index contributed by atoms with van der Waals surface area (Å²) < 4.78 is 0. The molecule has 0 amide bonds. The summed E-state index contributed by atoms with van der Waals surface area (Å²) in [7, 11) is 0. The van der Waals surface area contributed by atoms with Crippen molar-refractivity contribution in [1.29, 1.82) is 0 Å². The SMILES string of the molecule is OCCN(CCO)c1cc2c(N3CCCCC3)nc(N(CCO)CCO)nc2c(N2CCCCC2)n1. The summed E-state index contributed by atoms with van der Waals surface area (Å²) in [6.07, 6.45) is 6.74. The van der Waals surface area contributed by atoms with E-state index in [4.69, 9.17) is 15.0 Å². The van der Waals surface area contributed by atoms with Crippen molar-refractivity contribution in [3.05, 3.63) is 6.07 Å². The first kappa shape index (κ1) is 26.6. The number of fused-ring (bicyclic) bond motifs is 1. The minimum atomic E-state index is -0.0616. The first-order valence-corrected chi connectivity index (χ1v) is 13.4. The second kappa shape index (κ2) is 13.2. The number of rotatable bonds is 12. The standard InChI is InChI=1S/C25H41N7O4/c33-15-11-29(12-16-34)21-19-20-22(24(26-21)31-9-5-2-6-10-31)27-25(32(13-17-35)14-18-36)28-23(20)30-7-3-1-4-8-30/h19,33-36H,1-18H2. The smallest absolute Gasteiger partial charge is 0.228 e. The minimum absolute atomic E-state index is 0.0372. The summed E-state index contributed by atoms with van der Waals surface area (Å²) in [4.78, 5) is 23.3. The minimum Gasteiger partial charge on any atom is -0.395 e. The molecule has 11 nitrogen and oxygen atoms in total. The van der Waals surface area contributed by atoms with E-state index < -0.39 is 0 Å². The molecule has 0 radical (unpaired) electrons. The average Bonchev–Trinajstić information content (AvgIpc) is 2.92. The predicted octanol–water partition coefficient (Wildman–Crippen LogP) is 0.587. The molecule has 2 fully saturated rings. The maximum Gasteiger partial charge on any atom is 0.228 e. The molecule has 200 valence electrons. The zero-order valence-electron chi connectivity index (χ0n) is 21.2. The summed E-state index contributed by atoms with van der Waals surface area (Å²) >= 11 is 0. The third-order valence-electron chi connectivity index (χ3n) is 7.02. The Labute approximate surface area is 213 Å². The van der Waals surface area contributed by atoms with E-state index in [2.05, 4.69) is 9.80 Å². The normalized spacial score (nSPS) is 16.6. The van der Waals surface area contributed by atoms with Crippen molar-refractivity contribution < 1.29 is 20.4 Å². The molecule has 0 saturated carbocycles. The van der Waals surface area contributed by atoms with Crippen molar-refractivity contribution in [2.45, 2.75) is 38.5 Å². The molecule has 0 spiro atoms. The van der Waals surface area contributed by atoms with Gasteiger partial charge in [0, 0.05) is 52.4 Å². The number of aliphatic hydroxyl groups excluding tert-OH is 4. The Balaban J connectivity index is 1.94. The first-order valence-electron chi connectivity index (χ1n) is 13.4. The maximum atomic E-state index is 9.67. The number of pyridine rings is 1. The Bertz CT molecular complexity index is 878. The summed E-state index contributed by atoms with van der Waals surface area (Å²) in [5.74, 6) is 2.81. The van der Waals surface area contributed by atoms with Gasteiger partial charge in [-0.2, -0.15) is 4.98 Å². The highest BCUT2D eigenvalue weighted by molar-refractivity contribution is 5.99. The third kappa shape index (κ3) is 6.08. The summed E-state index contributed by atoms with van der Waals surface area (Å²) in [6.45, 7) is 4.79. The van der Waals surface area contributed by atoms with Crippen LogP contribution in [0.5, 0.6) is 0 Å². The topological polar surface area (TPSA) is 133 Å². The van der Waals surface area contributed by atoms with Crippen molar-refractivity contribution in [1.82, 2.24) is 15.0 Å². The van der Waals surface area contributed by atoms with Crippen molar-refractivity contribution in [2.75, 3.05) is 98.4 Å². The van der Waals surface area contributed by atoms with Gasteiger partial charge >= 0.3 is 0 Å². The molecule has 0 bridgehead atoms. The molecule has 0 atom stereocenters. The maximum absolute atomic E-state index is 9.67. The van der Waals surface area contributed by atoms with Gasteiger partial charge in [0.05, 0.1) is 31.8 Å². The molecule has 2 aliphatic heterocycles. The van der Waals surface area contributed by atoms with Gasteiger partial charge in [0.25, 0.3) is 0 Å². The number of aromatic nitrogens is 3. The zero-order chi connectivity index (χ0) is 25.3. The van der Waals surface area contributed by atoms with E-state index in [-0.39, 0.29) is 26.4 Å². The molecular weight excluding hydrogens is 462 g/mol. The van der Waals surface area contributed by atoms with Crippen LogP contribution >= 0.6 is 0 Å². The van der Waals surface area contributed by atoms with Crippen LogP contribution in [0, 0.1) is 0 Å². The van der Waals surface area contributed by atoms with Crippen LogP contribution in [0.3, 0.4) is 0 Å². The van der Waals surface area contributed by atoms with Crippen LogP contribution in [-0.4, -0.2) is 114 Å². The first-order chi connectivity index (χ1) is 17.7. The molecular formula is C25H41N7O4. The summed E-state index contributed by atoms with van der Waals surface area (Å²) in [5, 5.41) is 39.6. The largest absolute Gasteiger partial charge is 0.395 e. The molecule has 2 saturated heterocycles. The van der Waals surface area contributed by atoms with Gasteiger partial charge in [-0.05, 0) is 44.6 Å². The van der Waals surface area contributed by atoms with Crippen LogP contribution in [0.4, 0.5) is 23.4 Å². The lowest BCUT2D eigenvalue weighted by Gasteiger charge is -2.33. The number of nitrogens with zero attached hydrogens (tertiary/aromatic N) is 7. The van der Waals surface area contributed by atoms with Crippen LogP contribution in [0.2, 0.25) is 0 Å². The van der Waals surface area contributed by atoms with E-state index in [1.54, 1.807) is 0 Å². The molecule has 0 aromatic carbocycles. The number of anilines is 4. The Morgan fingerprint density at radius 3 is 1.64 bits per heavy atom. The highest BCUT2D eigenvalue weighted by Crippen LogP contribution is 2.36. The van der Waals surface area contributed by atoms with Crippen molar-refractivity contribution >= 4 is 34.3 Å². The number of aliphatic hydroxyl groups is 4. The number of piperidine rings is 2. The van der Waals surface area contributed by atoms with E-state index >= 15 is 0 Å². The fourth-order valence-corrected chi connectivity index (χ4v) is 5.18. The van der Waals surface area contributed by atoms with E-state index in [1.165, 1.54) is 12.8 Å². The highest BCUT2D eigenvalue weighted by atomic mass is 16.3. The Morgan fingerprint density at radius 2 is 1.11 bits per heavy atom. The van der Waals surface area contributed by atoms with E-state index in [9.17, 15) is 20.4 Å².